The van der Waals surface area contributed by atoms with Crippen molar-refractivity contribution in [3.63, 3.8) is 0 Å². The van der Waals surface area contributed by atoms with Gasteiger partial charge in [0.2, 0.25) is 5.91 Å². The fraction of sp³-hybridized carbons (Fsp3) is 0.0968. The molecular formula is C31H27N5O4S. The second-order valence-electron chi connectivity index (χ2n) is 9.19. The Morgan fingerprint density at radius 3 is 2.41 bits per heavy atom. The molecule has 0 radical (unpaired) electrons. The average Bonchev–Trinajstić information content (AvgIpc) is 3.59. The molecule has 9 nitrogen and oxygen atoms in total. The summed E-state index contributed by atoms with van der Waals surface area (Å²) in [4.78, 5) is 42.9. The number of nitrogens with zero attached hydrogens (tertiary/aromatic N) is 1. The third kappa shape index (κ3) is 6.74. The Bertz CT molecular complexity index is 1720. The Labute approximate surface area is 240 Å². The molecule has 1 unspecified atom stereocenters. The van der Waals surface area contributed by atoms with Crippen LogP contribution in [0.3, 0.4) is 0 Å². The largest absolute Gasteiger partial charge is 0.361 e. The number of carbonyl (C=O) groups excluding carboxylic acids is 3. The minimum atomic E-state index is -0.475. The topological polar surface area (TPSA) is 129 Å². The van der Waals surface area contributed by atoms with Gasteiger partial charge in [0.05, 0.1) is 11.4 Å². The van der Waals surface area contributed by atoms with E-state index in [4.69, 9.17) is 4.52 Å². The first kappa shape index (κ1) is 27.5. The van der Waals surface area contributed by atoms with E-state index in [0.29, 0.717) is 22.7 Å². The zero-order valence-electron chi connectivity index (χ0n) is 22.3. The van der Waals surface area contributed by atoms with Crippen LogP contribution in [-0.2, 0) is 9.59 Å². The van der Waals surface area contributed by atoms with Crippen molar-refractivity contribution in [3.8, 4) is 0 Å². The van der Waals surface area contributed by atoms with Gasteiger partial charge in [-0.2, -0.15) is 0 Å². The molecule has 3 amide bonds. The molecule has 0 aliphatic rings. The van der Waals surface area contributed by atoms with Gasteiger partial charge in [0.1, 0.15) is 11.4 Å². The third-order valence-corrected chi connectivity index (χ3v) is 7.36. The van der Waals surface area contributed by atoms with Gasteiger partial charge in [-0.25, -0.2) is 0 Å². The van der Waals surface area contributed by atoms with Crippen LogP contribution in [0, 0.1) is 6.92 Å². The second-order valence-corrected chi connectivity index (χ2v) is 10.6. The van der Waals surface area contributed by atoms with Crippen molar-refractivity contribution in [1.82, 2.24) is 15.5 Å². The standard InChI is InChI=1S/C31H27N5O4S/c1-19-28(18-33-40-19)36-29(37)20(2)41-24-14-12-23(13-15-24)34-31(39)27(35-30(38)21-8-4-3-5-9-21)16-22-17-32-26-11-7-6-10-25(22)26/h3-18,20,32H,1-2H3,(H,34,39)(H,35,38)(H,36,37)/b27-16-. The molecule has 10 heteroatoms. The van der Waals surface area contributed by atoms with Crippen LogP contribution < -0.4 is 16.0 Å². The van der Waals surface area contributed by atoms with E-state index >= 15 is 0 Å². The number of para-hydroxylation sites is 1. The quantitative estimate of drug-likeness (QED) is 0.128. The maximum atomic E-state index is 13.4. The van der Waals surface area contributed by atoms with Gasteiger partial charge >= 0.3 is 0 Å². The highest BCUT2D eigenvalue weighted by Crippen LogP contribution is 2.26. The van der Waals surface area contributed by atoms with Crippen molar-refractivity contribution in [2.75, 3.05) is 10.6 Å². The summed E-state index contributed by atoms with van der Waals surface area (Å²) in [5.74, 6) is -0.516. The highest BCUT2D eigenvalue weighted by atomic mass is 32.2. The molecule has 0 spiro atoms. The molecule has 0 fully saturated rings. The molecule has 5 aromatic rings. The van der Waals surface area contributed by atoms with Crippen molar-refractivity contribution in [2.24, 2.45) is 0 Å². The van der Waals surface area contributed by atoms with Crippen LogP contribution >= 0.6 is 11.8 Å². The molecule has 5 rings (SSSR count). The SMILES string of the molecule is Cc1oncc1NC(=O)C(C)Sc1ccc(NC(=O)/C(=C/c2c[nH]c3ccccc23)NC(=O)c2ccccc2)cc1. The summed E-state index contributed by atoms with van der Waals surface area (Å²) in [5.41, 5.74) is 3.28. The number of benzene rings is 3. The Balaban J connectivity index is 1.30. The lowest BCUT2D eigenvalue weighted by atomic mass is 10.1. The number of hydrogen-bond acceptors (Lipinski definition) is 6. The van der Waals surface area contributed by atoms with Gasteiger partial charge in [0.25, 0.3) is 11.8 Å². The van der Waals surface area contributed by atoms with Crippen molar-refractivity contribution in [2.45, 2.75) is 24.0 Å². The number of hydrogen-bond donors (Lipinski definition) is 4. The molecule has 0 bridgehead atoms. The summed E-state index contributed by atoms with van der Waals surface area (Å²) in [6.45, 7) is 3.53. The van der Waals surface area contributed by atoms with Crippen LogP contribution in [0.2, 0.25) is 0 Å². The normalized spacial score (nSPS) is 12.1. The van der Waals surface area contributed by atoms with Crippen molar-refractivity contribution >= 4 is 57.8 Å². The maximum absolute atomic E-state index is 13.4. The summed E-state index contributed by atoms with van der Waals surface area (Å²) in [6, 6.07) is 23.6. The zero-order chi connectivity index (χ0) is 28.8. The molecule has 3 aromatic carbocycles. The van der Waals surface area contributed by atoms with E-state index < -0.39 is 11.8 Å². The number of thioether (sulfide) groups is 1. The van der Waals surface area contributed by atoms with Crippen molar-refractivity contribution in [1.29, 1.82) is 0 Å². The summed E-state index contributed by atoms with van der Waals surface area (Å²) < 4.78 is 4.98. The van der Waals surface area contributed by atoms with Gasteiger partial charge < -0.3 is 25.5 Å². The Kier molecular flexibility index (Phi) is 8.31. The van der Waals surface area contributed by atoms with Gasteiger partial charge in [0.15, 0.2) is 5.76 Å². The molecule has 0 saturated carbocycles. The van der Waals surface area contributed by atoms with Gasteiger partial charge in [-0.3, -0.25) is 14.4 Å². The van der Waals surface area contributed by atoms with E-state index in [-0.39, 0.29) is 16.9 Å². The minimum absolute atomic E-state index is 0.0939. The zero-order valence-corrected chi connectivity index (χ0v) is 23.1. The predicted octanol–water partition coefficient (Wildman–Crippen LogP) is 5.99. The maximum Gasteiger partial charge on any atom is 0.272 e. The molecule has 206 valence electrons. The number of carbonyl (C=O) groups is 3. The van der Waals surface area contributed by atoms with E-state index in [1.165, 1.54) is 18.0 Å². The summed E-state index contributed by atoms with van der Waals surface area (Å²) >= 11 is 1.38. The predicted molar refractivity (Wildman–Crippen MR) is 160 cm³/mol. The summed E-state index contributed by atoms with van der Waals surface area (Å²) in [6.07, 6.45) is 4.91. The number of aromatic amines is 1. The molecule has 2 aromatic heterocycles. The van der Waals surface area contributed by atoms with Crippen LogP contribution in [0.15, 0.2) is 106 Å². The average molecular weight is 566 g/mol. The number of fused-ring (bicyclic) bond motifs is 1. The number of nitrogens with one attached hydrogen (secondary N) is 4. The van der Waals surface area contributed by atoms with Crippen LogP contribution in [0.25, 0.3) is 17.0 Å². The molecule has 41 heavy (non-hydrogen) atoms. The van der Waals surface area contributed by atoms with Gasteiger partial charge in [0, 0.05) is 38.8 Å². The molecule has 1 atom stereocenters. The van der Waals surface area contributed by atoms with Crippen LogP contribution in [0.5, 0.6) is 0 Å². The summed E-state index contributed by atoms with van der Waals surface area (Å²) in [7, 11) is 0. The van der Waals surface area contributed by atoms with E-state index in [1.807, 2.05) is 42.5 Å². The van der Waals surface area contributed by atoms with Crippen molar-refractivity contribution in [3.05, 3.63) is 114 Å². The third-order valence-electron chi connectivity index (χ3n) is 6.25. The highest BCUT2D eigenvalue weighted by molar-refractivity contribution is 8.00. The number of amides is 3. The van der Waals surface area contributed by atoms with E-state index in [9.17, 15) is 14.4 Å². The van der Waals surface area contributed by atoms with Crippen LogP contribution in [-0.4, -0.2) is 33.1 Å². The van der Waals surface area contributed by atoms with Gasteiger partial charge in [-0.05, 0) is 62.4 Å². The molecule has 0 aliphatic carbocycles. The van der Waals surface area contributed by atoms with Gasteiger partial charge in [-0.1, -0.05) is 41.6 Å². The Morgan fingerprint density at radius 2 is 1.68 bits per heavy atom. The molecule has 0 saturated heterocycles. The van der Waals surface area contributed by atoms with Crippen LogP contribution in [0.1, 0.15) is 28.6 Å². The van der Waals surface area contributed by atoms with E-state index in [1.54, 1.807) is 62.5 Å². The highest BCUT2D eigenvalue weighted by Gasteiger charge is 2.18. The number of aryl methyl sites for hydroxylation is 1. The monoisotopic (exact) mass is 565 g/mol. The second kappa shape index (κ2) is 12.4. The first-order chi connectivity index (χ1) is 19.9. The van der Waals surface area contributed by atoms with Gasteiger partial charge in [-0.15, -0.1) is 11.8 Å². The number of H-pyrrole nitrogens is 1. The Morgan fingerprint density at radius 1 is 0.951 bits per heavy atom. The van der Waals surface area contributed by atoms with E-state index in [2.05, 4.69) is 26.1 Å². The van der Waals surface area contributed by atoms with Crippen molar-refractivity contribution < 1.29 is 18.9 Å². The Hall–Kier alpha value is -5.09. The molecule has 0 aliphatic heterocycles. The molecular weight excluding hydrogens is 538 g/mol. The lowest BCUT2D eigenvalue weighted by molar-refractivity contribution is -0.115. The first-order valence-electron chi connectivity index (χ1n) is 12.8. The lowest BCUT2D eigenvalue weighted by Gasteiger charge is -2.13. The first-order valence-corrected chi connectivity index (χ1v) is 13.7. The molecule has 4 N–H and O–H groups in total. The minimum Gasteiger partial charge on any atom is -0.361 e. The fourth-order valence-corrected chi connectivity index (χ4v) is 4.90. The summed E-state index contributed by atoms with van der Waals surface area (Å²) in [5, 5.41) is 12.6. The fourth-order valence-electron chi connectivity index (χ4n) is 4.04. The number of anilines is 2. The number of aromatic nitrogens is 2. The lowest BCUT2D eigenvalue weighted by Crippen LogP contribution is -2.30. The van der Waals surface area contributed by atoms with E-state index in [0.717, 1.165) is 21.4 Å². The van der Waals surface area contributed by atoms with Crippen LogP contribution in [0.4, 0.5) is 11.4 Å². The smallest absolute Gasteiger partial charge is 0.272 e. The molecule has 2 heterocycles. The number of rotatable bonds is 9.